The topological polar surface area (TPSA) is 75.4 Å². The molecular weight excluding hydrogens is 249 g/mol. The molecule has 1 unspecified atom stereocenters. The molecule has 1 aromatic rings. The fraction of sp³-hybridized carbons (Fsp3) is 0.455. The van der Waals surface area contributed by atoms with Gasteiger partial charge >= 0.3 is 51.4 Å². The van der Waals surface area contributed by atoms with E-state index in [1.54, 1.807) is 6.92 Å². The molecule has 0 aliphatic carbocycles. The van der Waals surface area contributed by atoms with Gasteiger partial charge in [-0.05, 0) is 20.3 Å². The minimum absolute atomic E-state index is 0. The molecule has 17 heavy (non-hydrogen) atoms. The molecule has 0 saturated heterocycles. The SMILES string of the molecule is CC1=CCC(c2onc(C(=O)[O-])c2C)OC1.[K+]. The van der Waals surface area contributed by atoms with E-state index in [-0.39, 0.29) is 63.2 Å². The van der Waals surface area contributed by atoms with Crippen molar-refractivity contribution >= 4 is 5.97 Å². The van der Waals surface area contributed by atoms with Gasteiger partial charge in [-0.15, -0.1) is 0 Å². The Labute approximate surface area is 142 Å². The second-order valence-electron chi connectivity index (χ2n) is 3.89. The zero-order valence-electron chi connectivity index (χ0n) is 10.1. The van der Waals surface area contributed by atoms with Gasteiger partial charge in [0.25, 0.3) is 0 Å². The van der Waals surface area contributed by atoms with Crippen LogP contribution in [0.4, 0.5) is 0 Å². The molecule has 1 aliphatic rings. The normalized spacial score (nSPS) is 19.4. The van der Waals surface area contributed by atoms with E-state index in [0.717, 1.165) is 5.57 Å². The fourth-order valence-corrected chi connectivity index (χ4v) is 1.69. The largest absolute Gasteiger partial charge is 1.00 e. The van der Waals surface area contributed by atoms with Gasteiger partial charge in [-0.3, -0.25) is 0 Å². The average molecular weight is 261 g/mol. The van der Waals surface area contributed by atoms with Gasteiger partial charge in [0.1, 0.15) is 11.8 Å². The summed E-state index contributed by atoms with van der Waals surface area (Å²) in [6, 6.07) is 0. The van der Waals surface area contributed by atoms with Crippen molar-refractivity contribution in [3.8, 4) is 0 Å². The quantitative estimate of drug-likeness (QED) is 0.444. The van der Waals surface area contributed by atoms with E-state index in [2.05, 4.69) is 11.2 Å². The maximum absolute atomic E-state index is 10.7. The third kappa shape index (κ3) is 3.27. The van der Waals surface area contributed by atoms with Crippen LogP contribution in [0.1, 0.15) is 41.3 Å². The summed E-state index contributed by atoms with van der Waals surface area (Å²) < 4.78 is 10.5. The van der Waals surface area contributed by atoms with Crippen LogP contribution >= 0.6 is 0 Å². The summed E-state index contributed by atoms with van der Waals surface area (Å²) in [5, 5.41) is 14.2. The van der Waals surface area contributed by atoms with E-state index >= 15 is 0 Å². The summed E-state index contributed by atoms with van der Waals surface area (Å²) in [5.74, 6) is -0.849. The summed E-state index contributed by atoms with van der Waals surface area (Å²) in [5.41, 5.74) is 1.50. The Bertz CT molecular complexity index is 452. The van der Waals surface area contributed by atoms with Crippen LogP contribution in [0.15, 0.2) is 16.2 Å². The van der Waals surface area contributed by atoms with Crippen LogP contribution < -0.4 is 56.5 Å². The monoisotopic (exact) mass is 261 g/mol. The molecule has 0 aromatic carbocycles. The van der Waals surface area contributed by atoms with Crippen molar-refractivity contribution < 1.29 is 70.5 Å². The number of aromatic nitrogens is 1. The van der Waals surface area contributed by atoms with E-state index < -0.39 is 5.97 Å². The van der Waals surface area contributed by atoms with E-state index in [1.165, 1.54) is 0 Å². The maximum atomic E-state index is 10.7. The molecule has 0 saturated carbocycles. The molecule has 0 fully saturated rings. The fourth-order valence-electron chi connectivity index (χ4n) is 1.69. The molecule has 2 heterocycles. The van der Waals surface area contributed by atoms with Crippen molar-refractivity contribution in [3.63, 3.8) is 0 Å². The molecule has 0 amide bonds. The first-order chi connectivity index (χ1) is 7.59. The first kappa shape index (κ1) is 15.1. The Kier molecular flexibility index (Phi) is 5.55. The van der Waals surface area contributed by atoms with Gasteiger partial charge in [0.2, 0.25) is 0 Å². The van der Waals surface area contributed by atoms with Crippen LogP contribution in [0.3, 0.4) is 0 Å². The van der Waals surface area contributed by atoms with Crippen LogP contribution in [0.5, 0.6) is 0 Å². The molecule has 6 heteroatoms. The van der Waals surface area contributed by atoms with Gasteiger partial charge in [0.05, 0.1) is 12.6 Å². The van der Waals surface area contributed by atoms with Gasteiger partial charge in [-0.2, -0.15) is 0 Å². The van der Waals surface area contributed by atoms with Crippen molar-refractivity contribution in [2.24, 2.45) is 0 Å². The number of hydrogen-bond donors (Lipinski definition) is 0. The Balaban J connectivity index is 0.00000144. The standard InChI is InChI=1S/C11H13NO4.K/c1-6-3-4-8(15-5-6)10-7(2)9(11(13)14)12-16-10;/h3,8H,4-5H2,1-2H3,(H,13,14);/q;+1/p-1. The smallest absolute Gasteiger partial charge is 0.543 e. The molecule has 0 radical (unpaired) electrons. The van der Waals surface area contributed by atoms with Gasteiger partial charge in [-0.1, -0.05) is 16.8 Å². The number of aromatic carboxylic acids is 1. The van der Waals surface area contributed by atoms with E-state index in [4.69, 9.17) is 9.26 Å². The molecule has 0 bridgehead atoms. The van der Waals surface area contributed by atoms with Crippen molar-refractivity contribution in [3.05, 3.63) is 28.7 Å². The van der Waals surface area contributed by atoms with Crippen LogP contribution in [0.25, 0.3) is 0 Å². The Morgan fingerprint density at radius 1 is 1.53 bits per heavy atom. The minimum Gasteiger partial charge on any atom is -0.543 e. The van der Waals surface area contributed by atoms with Gasteiger partial charge in [-0.25, -0.2) is 0 Å². The molecule has 2 rings (SSSR count). The second-order valence-corrected chi connectivity index (χ2v) is 3.89. The zero-order chi connectivity index (χ0) is 11.7. The predicted molar refractivity (Wildman–Crippen MR) is 52.6 cm³/mol. The van der Waals surface area contributed by atoms with Crippen molar-refractivity contribution in [2.75, 3.05) is 6.61 Å². The molecule has 0 spiro atoms. The number of carboxylic acids is 1. The first-order valence-electron chi connectivity index (χ1n) is 5.04. The summed E-state index contributed by atoms with van der Waals surface area (Å²) in [6.45, 7) is 4.16. The summed E-state index contributed by atoms with van der Waals surface area (Å²) in [4.78, 5) is 10.7. The summed E-state index contributed by atoms with van der Waals surface area (Å²) in [7, 11) is 0. The third-order valence-corrected chi connectivity index (χ3v) is 2.64. The predicted octanol–water partition coefficient (Wildman–Crippen LogP) is -2.24. The van der Waals surface area contributed by atoms with Gasteiger partial charge < -0.3 is 19.2 Å². The Morgan fingerprint density at radius 2 is 2.24 bits per heavy atom. The number of hydrogen-bond acceptors (Lipinski definition) is 5. The van der Waals surface area contributed by atoms with Crippen LogP contribution in [0, 0.1) is 6.92 Å². The van der Waals surface area contributed by atoms with E-state index in [0.29, 0.717) is 24.4 Å². The van der Waals surface area contributed by atoms with Crippen LogP contribution in [0.2, 0.25) is 0 Å². The zero-order valence-corrected chi connectivity index (χ0v) is 13.3. The number of carbonyl (C=O) groups excluding carboxylic acids is 1. The molecule has 1 aromatic heterocycles. The molecule has 86 valence electrons. The summed E-state index contributed by atoms with van der Waals surface area (Å²) >= 11 is 0. The third-order valence-electron chi connectivity index (χ3n) is 2.64. The second kappa shape index (κ2) is 6.26. The van der Waals surface area contributed by atoms with Crippen molar-refractivity contribution in [1.29, 1.82) is 0 Å². The average Bonchev–Trinajstić information content (AvgIpc) is 2.61. The molecule has 0 N–H and O–H groups in total. The van der Waals surface area contributed by atoms with Gasteiger partial charge in [0, 0.05) is 5.56 Å². The molecule has 5 nitrogen and oxygen atoms in total. The van der Waals surface area contributed by atoms with E-state index in [1.807, 2.05) is 6.92 Å². The number of nitrogens with zero attached hydrogens (tertiary/aromatic N) is 1. The molecule has 1 atom stereocenters. The minimum atomic E-state index is -1.32. The summed E-state index contributed by atoms with van der Waals surface area (Å²) in [6.07, 6.45) is 2.48. The van der Waals surface area contributed by atoms with Crippen molar-refractivity contribution in [2.45, 2.75) is 26.4 Å². The Hall–Kier alpha value is 0.0164. The number of carboxylic acid groups (broad SMARTS) is 1. The van der Waals surface area contributed by atoms with Gasteiger partial charge in [0.15, 0.2) is 5.76 Å². The Morgan fingerprint density at radius 3 is 2.71 bits per heavy atom. The van der Waals surface area contributed by atoms with Crippen LogP contribution in [-0.2, 0) is 4.74 Å². The number of carbonyl (C=O) groups is 1. The van der Waals surface area contributed by atoms with Crippen molar-refractivity contribution in [1.82, 2.24) is 5.16 Å². The number of ether oxygens (including phenoxy) is 1. The molecular formula is C11H12KNO4. The van der Waals surface area contributed by atoms with E-state index in [9.17, 15) is 9.90 Å². The molecule has 1 aliphatic heterocycles. The first-order valence-corrected chi connectivity index (χ1v) is 5.04. The maximum Gasteiger partial charge on any atom is 1.00 e. The van der Waals surface area contributed by atoms with Crippen LogP contribution in [-0.4, -0.2) is 17.7 Å². The number of rotatable bonds is 2.